The van der Waals surface area contributed by atoms with Gasteiger partial charge in [0.15, 0.2) is 5.75 Å². The van der Waals surface area contributed by atoms with E-state index < -0.39 is 11.5 Å². The molecule has 0 fully saturated rings. The van der Waals surface area contributed by atoms with Gasteiger partial charge in [0.2, 0.25) is 5.95 Å². The number of hydrogen-bond acceptors (Lipinski definition) is 5. The molecule has 0 amide bonds. The van der Waals surface area contributed by atoms with Gasteiger partial charge in [-0.1, -0.05) is 18.2 Å². The predicted molar refractivity (Wildman–Crippen MR) is 104 cm³/mol. The van der Waals surface area contributed by atoms with E-state index in [-0.39, 0.29) is 23.2 Å². The van der Waals surface area contributed by atoms with Crippen LogP contribution in [0, 0.1) is 11.8 Å². The van der Waals surface area contributed by atoms with Crippen LogP contribution in [0.3, 0.4) is 0 Å². The molecule has 3 aromatic rings. The van der Waals surface area contributed by atoms with Crippen LogP contribution in [-0.4, -0.2) is 29.0 Å². The summed E-state index contributed by atoms with van der Waals surface area (Å²) >= 11 is 0. The molecule has 2 aromatic heterocycles. The second-order valence-corrected chi connectivity index (χ2v) is 6.76. The summed E-state index contributed by atoms with van der Waals surface area (Å²) < 4.78 is 32.1. The first-order valence-corrected chi connectivity index (χ1v) is 8.95. The van der Waals surface area contributed by atoms with Crippen molar-refractivity contribution in [3.63, 3.8) is 0 Å². The zero-order valence-corrected chi connectivity index (χ0v) is 15.7. The fourth-order valence-corrected chi connectivity index (χ4v) is 3.62. The number of amidine groups is 1. The molecule has 29 heavy (non-hydrogen) atoms. The molecule has 0 unspecified atom stereocenters. The van der Waals surface area contributed by atoms with Gasteiger partial charge in [-0.2, -0.15) is 4.39 Å². The average Bonchev–Trinajstić information content (AvgIpc) is 3.07. The Labute approximate surface area is 165 Å². The van der Waals surface area contributed by atoms with Crippen molar-refractivity contribution in [3.8, 4) is 5.75 Å². The molecular formula is C21H18F2N4O2. The number of nitrogens with zero attached hydrogens (tertiary/aromatic N) is 2. The second kappa shape index (κ2) is 7.12. The number of nitrogens with one attached hydrogen (secondary N) is 2. The lowest BCUT2D eigenvalue weighted by Gasteiger charge is -2.31. The molecule has 8 heteroatoms. The van der Waals surface area contributed by atoms with Crippen molar-refractivity contribution in [1.29, 1.82) is 0 Å². The molecule has 1 aromatic carbocycles. The zero-order chi connectivity index (χ0) is 20.6. The maximum absolute atomic E-state index is 13.6. The van der Waals surface area contributed by atoms with E-state index in [1.807, 2.05) is 6.92 Å². The van der Waals surface area contributed by atoms with Gasteiger partial charge in [0.05, 0.1) is 13.2 Å². The highest BCUT2D eigenvalue weighted by Crippen LogP contribution is 2.40. The number of benzene rings is 1. The zero-order valence-electron chi connectivity index (χ0n) is 15.7. The first-order valence-electron chi connectivity index (χ1n) is 8.95. The van der Waals surface area contributed by atoms with Crippen LogP contribution >= 0.6 is 0 Å². The first kappa shape index (κ1) is 18.8. The summed E-state index contributed by atoms with van der Waals surface area (Å²) in [5.74, 6) is -0.298. The third kappa shape index (κ3) is 3.16. The van der Waals surface area contributed by atoms with Gasteiger partial charge < -0.3 is 15.0 Å². The van der Waals surface area contributed by atoms with Gasteiger partial charge in [-0.05, 0) is 36.8 Å². The van der Waals surface area contributed by atoms with Crippen LogP contribution in [0.15, 0.2) is 64.6 Å². The van der Waals surface area contributed by atoms with E-state index >= 15 is 0 Å². The molecule has 2 N–H and O–H groups in total. The number of halogens is 2. The summed E-state index contributed by atoms with van der Waals surface area (Å²) in [4.78, 5) is 23.1. The second-order valence-electron chi connectivity index (χ2n) is 6.76. The molecule has 0 saturated carbocycles. The van der Waals surface area contributed by atoms with Crippen molar-refractivity contribution in [2.45, 2.75) is 18.5 Å². The topological polar surface area (TPSA) is 79.4 Å². The molecule has 0 spiro atoms. The van der Waals surface area contributed by atoms with Gasteiger partial charge in [0.25, 0.3) is 5.56 Å². The Bertz CT molecular complexity index is 1080. The number of ether oxygens (including phenoxy) is 1. The number of hydrogen-bond donors (Lipinski definition) is 2. The average molecular weight is 396 g/mol. The minimum atomic E-state index is -0.965. The normalized spacial score (nSPS) is 20.8. The van der Waals surface area contributed by atoms with Crippen LogP contribution in [0.5, 0.6) is 5.75 Å². The monoisotopic (exact) mass is 396 g/mol. The van der Waals surface area contributed by atoms with Gasteiger partial charge in [-0.25, -0.2) is 14.4 Å². The molecule has 3 heterocycles. The highest BCUT2D eigenvalue weighted by molar-refractivity contribution is 6.01. The van der Waals surface area contributed by atoms with E-state index in [2.05, 4.69) is 15.3 Å². The van der Waals surface area contributed by atoms with E-state index in [4.69, 9.17) is 9.73 Å². The number of pyridine rings is 2. The van der Waals surface area contributed by atoms with E-state index in [1.165, 1.54) is 37.7 Å². The Hall–Kier alpha value is -3.55. The number of methoxy groups -OCH3 is 1. The van der Waals surface area contributed by atoms with Crippen molar-refractivity contribution >= 4 is 5.84 Å². The molecule has 0 aliphatic carbocycles. The van der Waals surface area contributed by atoms with Gasteiger partial charge in [-0.3, -0.25) is 4.79 Å². The Morgan fingerprint density at radius 2 is 1.83 bits per heavy atom. The molecule has 1 aliphatic heterocycles. The van der Waals surface area contributed by atoms with Crippen molar-refractivity contribution in [2.75, 3.05) is 7.11 Å². The summed E-state index contributed by atoms with van der Waals surface area (Å²) in [5, 5.41) is 3.32. The number of aromatic nitrogens is 2. The molecule has 0 radical (unpaired) electrons. The lowest BCUT2D eigenvalue weighted by atomic mass is 9.79. The Morgan fingerprint density at radius 1 is 1.10 bits per heavy atom. The highest BCUT2D eigenvalue weighted by atomic mass is 19.1. The third-order valence-electron chi connectivity index (χ3n) is 5.08. The van der Waals surface area contributed by atoms with Gasteiger partial charge >= 0.3 is 0 Å². The first-order chi connectivity index (χ1) is 13.9. The molecule has 1 aliphatic rings. The van der Waals surface area contributed by atoms with Crippen LogP contribution in [0.25, 0.3) is 0 Å². The smallest absolute Gasteiger partial charge is 0.290 e. The highest BCUT2D eigenvalue weighted by Gasteiger charge is 2.45. The summed E-state index contributed by atoms with van der Waals surface area (Å²) in [6, 6.07) is 10.2. The molecule has 4 rings (SSSR count). The molecule has 0 saturated heterocycles. The Kier molecular flexibility index (Phi) is 4.62. The van der Waals surface area contributed by atoms with Crippen LogP contribution in [-0.2, 0) is 5.54 Å². The molecular weight excluding hydrogens is 378 g/mol. The van der Waals surface area contributed by atoms with Crippen molar-refractivity contribution in [2.24, 2.45) is 4.99 Å². The van der Waals surface area contributed by atoms with E-state index in [1.54, 1.807) is 24.3 Å². The maximum atomic E-state index is 13.6. The molecule has 6 nitrogen and oxygen atoms in total. The third-order valence-corrected chi connectivity index (χ3v) is 5.08. The molecule has 148 valence electrons. The SMILES string of the molecule is COc1cc(C2=N[C@](c3ccc(F)cc3)(c3ccc(F)nc3)[C@H](C)N2)c[nH]c1=O. The van der Waals surface area contributed by atoms with Crippen LogP contribution < -0.4 is 15.6 Å². The van der Waals surface area contributed by atoms with Crippen LogP contribution in [0.1, 0.15) is 23.6 Å². The van der Waals surface area contributed by atoms with E-state index in [9.17, 15) is 13.6 Å². The maximum Gasteiger partial charge on any atom is 0.290 e. The number of rotatable bonds is 4. The lowest BCUT2D eigenvalue weighted by Crippen LogP contribution is -2.41. The van der Waals surface area contributed by atoms with Crippen LogP contribution in [0.4, 0.5) is 8.78 Å². The largest absolute Gasteiger partial charge is 0.491 e. The number of aliphatic imine (C=N–C) groups is 1. The van der Waals surface area contributed by atoms with E-state index in [0.717, 1.165) is 5.56 Å². The van der Waals surface area contributed by atoms with E-state index in [0.29, 0.717) is 17.0 Å². The van der Waals surface area contributed by atoms with Crippen molar-refractivity contribution < 1.29 is 13.5 Å². The van der Waals surface area contributed by atoms with Gasteiger partial charge in [0.1, 0.15) is 17.2 Å². The van der Waals surface area contributed by atoms with Crippen LogP contribution in [0.2, 0.25) is 0 Å². The molecule has 0 bridgehead atoms. The van der Waals surface area contributed by atoms with Gasteiger partial charge in [0, 0.05) is 23.5 Å². The summed E-state index contributed by atoms with van der Waals surface area (Å²) in [7, 11) is 1.41. The minimum Gasteiger partial charge on any atom is -0.491 e. The fourth-order valence-electron chi connectivity index (χ4n) is 3.62. The standard InChI is InChI=1S/C21H18F2N4O2/c1-12-21(14-3-6-16(22)7-4-14,15-5-8-18(23)24-11-15)27-19(26-12)13-9-17(29-2)20(28)25-10-13/h3-12H,1-2H3,(H,25,28)(H,26,27)/t12-,21+/m0/s1. The Balaban J connectivity index is 1.91. The van der Waals surface area contributed by atoms with Crippen molar-refractivity contribution in [1.82, 2.24) is 15.3 Å². The van der Waals surface area contributed by atoms with Gasteiger partial charge in [-0.15, -0.1) is 0 Å². The summed E-state index contributed by atoms with van der Waals surface area (Å²) in [5.41, 5.74) is 0.672. The minimum absolute atomic E-state index is 0.155. The molecule has 2 atom stereocenters. The summed E-state index contributed by atoms with van der Waals surface area (Å²) in [6.45, 7) is 1.92. The number of H-pyrrole nitrogens is 1. The fraction of sp³-hybridized carbons (Fsp3) is 0.190. The number of aromatic amines is 1. The lowest BCUT2D eigenvalue weighted by molar-refractivity contribution is 0.408. The quantitative estimate of drug-likeness (QED) is 0.665. The Morgan fingerprint density at radius 3 is 2.48 bits per heavy atom. The predicted octanol–water partition coefficient (Wildman–Crippen LogP) is 2.74. The van der Waals surface area contributed by atoms with Crippen molar-refractivity contribution in [3.05, 3.63) is 93.7 Å². The summed E-state index contributed by atoms with van der Waals surface area (Å²) in [6.07, 6.45) is 2.96.